The fourth-order valence-corrected chi connectivity index (χ4v) is 7.28. The van der Waals surface area contributed by atoms with Gasteiger partial charge in [0.25, 0.3) is 0 Å². The number of fused-ring (bicyclic) bond motifs is 2. The quantitative estimate of drug-likeness (QED) is 0.328. The van der Waals surface area contributed by atoms with Gasteiger partial charge in [0.1, 0.15) is 24.4 Å². The van der Waals surface area contributed by atoms with Gasteiger partial charge >= 0.3 is 0 Å². The summed E-state index contributed by atoms with van der Waals surface area (Å²) in [4.78, 5) is 25.9. The molecule has 0 aliphatic carbocycles. The van der Waals surface area contributed by atoms with Crippen LogP contribution in [0.1, 0.15) is 41.6 Å². The Bertz CT molecular complexity index is 1710. The van der Waals surface area contributed by atoms with Crippen LogP contribution in [0.3, 0.4) is 0 Å². The number of hydrogen-bond acceptors (Lipinski definition) is 8. The number of anilines is 2. The maximum absolute atomic E-state index is 14.0. The molecule has 0 radical (unpaired) electrons. The van der Waals surface area contributed by atoms with Gasteiger partial charge in [0.15, 0.2) is 0 Å². The van der Waals surface area contributed by atoms with Crippen LogP contribution in [0.15, 0.2) is 49.1 Å². The number of nitrogens with zero attached hydrogens (tertiary/aromatic N) is 7. The number of piperidine rings is 1. The summed E-state index contributed by atoms with van der Waals surface area (Å²) in [6.45, 7) is 10.5. The lowest BCUT2D eigenvalue weighted by molar-refractivity contribution is -0.128. The van der Waals surface area contributed by atoms with E-state index in [1.165, 1.54) is 22.4 Å². The zero-order valence-electron chi connectivity index (χ0n) is 26.4. The van der Waals surface area contributed by atoms with Crippen molar-refractivity contribution < 1.29 is 13.9 Å². The zero-order valence-corrected chi connectivity index (χ0v) is 26.4. The van der Waals surface area contributed by atoms with Crippen LogP contribution >= 0.6 is 0 Å². The maximum Gasteiger partial charge on any atom is 0.246 e. The summed E-state index contributed by atoms with van der Waals surface area (Å²) >= 11 is 0. The summed E-state index contributed by atoms with van der Waals surface area (Å²) in [6, 6.07) is 17.0. The molecule has 4 heterocycles. The normalized spacial score (nSPS) is 20.1. The number of pyridine rings is 1. The van der Waals surface area contributed by atoms with Crippen LogP contribution in [0.4, 0.5) is 15.8 Å². The number of alkyl halides is 1. The van der Waals surface area contributed by atoms with Gasteiger partial charge in [-0.15, -0.1) is 0 Å². The minimum Gasteiger partial charge on any atom is -0.475 e. The Morgan fingerprint density at radius 2 is 1.96 bits per heavy atom. The van der Waals surface area contributed by atoms with E-state index in [1.807, 2.05) is 0 Å². The highest BCUT2D eigenvalue weighted by Crippen LogP contribution is 2.40. The van der Waals surface area contributed by atoms with Crippen molar-refractivity contribution >= 4 is 28.1 Å². The molecule has 2 fully saturated rings. The van der Waals surface area contributed by atoms with Crippen LogP contribution in [-0.2, 0) is 17.8 Å². The monoisotopic (exact) mass is 621 g/mol. The number of piperazine rings is 1. The van der Waals surface area contributed by atoms with Gasteiger partial charge < -0.3 is 19.4 Å². The predicted molar refractivity (Wildman–Crippen MR) is 177 cm³/mol. The number of aromatic nitrogens is 1. The standard InChI is InChI=1S/C36H40FN7O2/c1-3-33(45)44-18-17-43(23-28(44)12-14-38)35-29-13-16-42(32-11-5-9-26-8-4-7-25(2)34(26)32)24-31(29)40-36(30(35)21-39)46-20-19-41-15-6-10-27(37)22-41/h3-5,7-9,11,27-28H,1,6,10,12-13,15-20,22-24H2,2H3/t27-,28-/m0/s1. The third-order valence-electron chi connectivity index (χ3n) is 9.52. The molecule has 2 atom stereocenters. The van der Waals surface area contributed by atoms with Crippen LogP contribution in [-0.4, -0.2) is 85.3 Å². The summed E-state index contributed by atoms with van der Waals surface area (Å²) in [5.74, 6) is 0.0814. The molecule has 0 unspecified atom stereocenters. The van der Waals surface area contributed by atoms with E-state index in [-0.39, 0.29) is 30.9 Å². The molecule has 2 aromatic carbocycles. The van der Waals surface area contributed by atoms with Crippen molar-refractivity contribution in [3.63, 3.8) is 0 Å². The first kappa shape index (κ1) is 31.3. The Hall–Kier alpha value is -4.67. The van der Waals surface area contributed by atoms with Crippen LogP contribution in [0.2, 0.25) is 0 Å². The predicted octanol–water partition coefficient (Wildman–Crippen LogP) is 4.91. The number of aryl methyl sites for hydroxylation is 1. The topological polar surface area (TPSA) is 99.7 Å². The fourth-order valence-electron chi connectivity index (χ4n) is 7.28. The number of halogens is 1. The first-order chi connectivity index (χ1) is 22.4. The lowest BCUT2D eigenvalue weighted by Crippen LogP contribution is -2.55. The van der Waals surface area contributed by atoms with Crippen molar-refractivity contribution in [2.75, 3.05) is 62.2 Å². The number of likely N-dealkylation sites (tertiary alicyclic amines) is 1. The van der Waals surface area contributed by atoms with E-state index in [1.54, 1.807) is 4.90 Å². The van der Waals surface area contributed by atoms with Crippen LogP contribution in [0.25, 0.3) is 10.8 Å². The highest BCUT2D eigenvalue weighted by atomic mass is 19.1. The van der Waals surface area contributed by atoms with E-state index in [2.05, 4.69) is 76.7 Å². The fraction of sp³-hybridized carbons (Fsp3) is 0.444. The van der Waals surface area contributed by atoms with Gasteiger partial charge in [-0.25, -0.2) is 9.37 Å². The second-order valence-corrected chi connectivity index (χ2v) is 12.4. The molecule has 10 heteroatoms. The molecule has 6 rings (SSSR count). The van der Waals surface area contributed by atoms with Crippen LogP contribution in [0, 0.1) is 29.6 Å². The largest absolute Gasteiger partial charge is 0.475 e. The molecule has 0 spiro atoms. The Morgan fingerprint density at radius 3 is 2.72 bits per heavy atom. The zero-order chi connectivity index (χ0) is 32.2. The third kappa shape index (κ3) is 6.23. The lowest BCUT2D eigenvalue weighted by Gasteiger charge is -2.43. The van der Waals surface area contributed by atoms with Crippen LogP contribution < -0.4 is 14.5 Å². The number of rotatable bonds is 8. The van der Waals surface area contributed by atoms with Crippen molar-refractivity contribution in [2.24, 2.45) is 0 Å². The molecule has 0 saturated carbocycles. The summed E-state index contributed by atoms with van der Waals surface area (Å²) in [7, 11) is 0. The van der Waals surface area contributed by atoms with Gasteiger partial charge in [-0.2, -0.15) is 10.5 Å². The molecule has 3 aromatic rings. The Kier molecular flexibility index (Phi) is 9.37. The van der Waals surface area contributed by atoms with Crippen LogP contribution in [0.5, 0.6) is 5.88 Å². The van der Waals surface area contributed by atoms with Gasteiger partial charge in [-0.05, 0) is 55.8 Å². The first-order valence-corrected chi connectivity index (χ1v) is 16.1. The lowest BCUT2D eigenvalue weighted by atomic mass is 9.95. The Balaban J connectivity index is 1.36. The van der Waals surface area contributed by atoms with Crippen molar-refractivity contribution in [3.8, 4) is 18.0 Å². The molecule has 9 nitrogen and oxygen atoms in total. The van der Waals surface area contributed by atoms with E-state index in [9.17, 15) is 19.7 Å². The SMILES string of the molecule is C=CC(=O)N1CCN(c2c(C#N)c(OCCN3CCC[C@H](F)C3)nc3c2CCN(c2cccc4cccc(C)c24)C3)C[C@@H]1CC#N. The summed E-state index contributed by atoms with van der Waals surface area (Å²) in [5, 5.41) is 22.5. The second kappa shape index (κ2) is 13.8. The summed E-state index contributed by atoms with van der Waals surface area (Å²) in [5.41, 5.74) is 5.37. The van der Waals surface area contributed by atoms with E-state index in [0.717, 1.165) is 42.1 Å². The molecule has 3 aliphatic heterocycles. The summed E-state index contributed by atoms with van der Waals surface area (Å²) < 4.78 is 20.3. The number of nitriles is 2. The van der Waals surface area contributed by atoms with E-state index in [4.69, 9.17) is 9.72 Å². The molecule has 0 N–H and O–H groups in total. The average Bonchev–Trinajstić information content (AvgIpc) is 3.07. The Labute approximate surface area is 270 Å². The molecule has 3 aliphatic rings. The number of hydrogen-bond donors (Lipinski definition) is 0. The first-order valence-electron chi connectivity index (χ1n) is 16.1. The number of ether oxygens (including phenoxy) is 1. The molecule has 2 saturated heterocycles. The van der Waals surface area contributed by atoms with E-state index >= 15 is 0 Å². The Morgan fingerprint density at radius 1 is 1.13 bits per heavy atom. The van der Waals surface area contributed by atoms with Gasteiger partial charge in [0.05, 0.1) is 36.5 Å². The average molecular weight is 622 g/mol. The number of amides is 1. The molecule has 46 heavy (non-hydrogen) atoms. The molecule has 238 valence electrons. The highest BCUT2D eigenvalue weighted by Gasteiger charge is 2.35. The molecule has 1 aromatic heterocycles. The number of carbonyl (C=O) groups is 1. The van der Waals surface area contributed by atoms with Gasteiger partial charge in [-0.3, -0.25) is 9.69 Å². The minimum atomic E-state index is -0.825. The van der Waals surface area contributed by atoms with Crippen molar-refractivity contribution in [2.45, 2.75) is 51.4 Å². The molecule has 1 amide bonds. The minimum absolute atomic E-state index is 0.175. The highest BCUT2D eigenvalue weighted by molar-refractivity contribution is 5.97. The molecular formula is C36H40FN7O2. The van der Waals surface area contributed by atoms with E-state index < -0.39 is 6.17 Å². The van der Waals surface area contributed by atoms with Crippen molar-refractivity contribution in [3.05, 3.63) is 71.4 Å². The van der Waals surface area contributed by atoms with Crippen molar-refractivity contribution in [1.82, 2.24) is 14.8 Å². The van der Waals surface area contributed by atoms with Crippen molar-refractivity contribution in [1.29, 1.82) is 10.5 Å². The number of benzene rings is 2. The molecular weight excluding hydrogens is 581 g/mol. The van der Waals surface area contributed by atoms with Gasteiger partial charge in [-0.1, -0.05) is 36.9 Å². The maximum atomic E-state index is 14.0. The molecule has 0 bridgehead atoms. The second-order valence-electron chi connectivity index (χ2n) is 12.4. The number of carbonyl (C=O) groups excluding carboxylic acids is 1. The summed E-state index contributed by atoms with van der Waals surface area (Å²) in [6.07, 6.45) is 2.73. The third-order valence-corrected chi connectivity index (χ3v) is 9.52. The smallest absolute Gasteiger partial charge is 0.246 e. The van der Waals surface area contributed by atoms with Gasteiger partial charge in [0, 0.05) is 55.9 Å². The van der Waals surface area contributed by atoms with E-state index in [0.29, 0.717) is 57.7 Å². The van der Waals surface area contributed by atoms with Gasteiger partial charge in [0.2, 0.25) is 11.8 Å².